The van der Waals surface area contributed by atoms with Crippen LogP contribution in [-0.2, 0) is 6.18 Å². The molecule has 1 aromatic heterocycles. The van der Waals surface area contributed by atoms with Gasteiger partial charge in [-0.15, -0.1) is 0 Å². The standard InChI is InChI=1S/C12H8ClF3N2O/c13-7(5-17)4-9-8-3-6(12(14,15)16)1-2-10(8)18-11(9)19/h1-5,17-19H/b7-4+,17-5?. The van der Waals surface area contributed by atoms with E-state index in [4.69, 9.17) is 17.0 Å². The van der Waals surface area contributed by atoms with E-state index in [1.54, 1.807) is 0 Å². The molecule has 0 bridgehead atoms. The number of aromatic amines is 1. The minimum absolute atomic E-state index is 0.00592. The average Bonchev–Trinajstić information content (AvgIpc) is 2.64. The van der Waals surface area contributed by atoms with Crippen LogP contribution in [0.4, 0.5) is 13.2 Å². The van der Waals surface area contributed by atoms with Crippen LogP contribution in [0.5, 0.6) is 5.88 Å². The molecule has 100 valence electrons. The van der Waals surface area contributed by atoms with E-state index in [9.17, 15) is 18.3 Å². The summed E-state index contributed by atoms with van der Waals surface area (Å²) in [4.78, 5) is 2.55. The van der Waals surface area contributed by atoms with Crippen LogP contribution < -0.4 is 0 Å². The van der Waals surface area contributed by atoms with Crippen molar-refractivity contribution in [1.29, 1.82) is 5.41 Å². The molecule has 0 aliphatic heterocycles. The number of aromatic hydroxyl groups is 1. The first kappa shape index (κ1) is 13.5. The van der Waals surface area contributed by atoms with Gasteiger partial charge in [0.25, 0.3) is 0 Å². The van der Waals surface area contributed by atoms with E-state index in [2.05, 4.69) is 4.98 Å². The second-order valence-corrected chi connectivity index (χ2v) is 4.26. The molecule has 0 radical (unpaired) electrons. The second-order valence-electron chi connectivity index (χ2n) is 3.82. The summed E-state index contributed by atoms with van der Waals surface area (Å²) in [7, 11) is 0. The highest BCUT2D eigenvalue weighted by atomic mass is 35.5. The fourth-order valence-corrected chi connectivity index (χ4v) is 1.81. The number of hydrogen-bond donors (Lipinski definition) is 3. The van der Waals surface area contributed by atoms with Crippen LogP contribution in [0.25, 0.3) is 17.0 Å². The van der Waals surface area contributed by atoms with Crippen molar-refractivity contribution >= 4 is 34.8 Å². The highest BCUT2D eigenvalue weighted by molar-refractivity contribution is 6.41. The first-order chi connectivity index (χ1) is 8.82. The van der Waals surface area contributed by atoms with Crippen LogP contribution in [0.15, 0.2) is 23.2 Å². The van der Waals surface area contributed by atoms with Crippen molar-refractivity contribution in [2.45, 2.75) is 6.18 Å². The quantitative estimate of drug-likeness (QED) is 0.715. The van der Waals surface area contributed by atoms with Crippen molar-refractivity contribution in [3.05, 3.63) is 34.4 Å². The second kappa shape index (κ2) is 4.62. The molecule has 0 fully saturated rings. The van der Waals surface area contributed by atoms with Crippen LogP contribution in [0.2, 0.25) is 0 Å². The van der Waals surface area contributed by atoms with E-state index in [1.807, 2.05) is 0 Å². The number of allylic oxidation sites excluding steroid dienone is 1. The first-order valence-electron chi connectivity index (χ1n) is 5.12. The summed E-state index contributed by atoms with van der Waals surface area (Å²) in [6, 6.07) is 3.07. The molecular formula is C12H8ClF3N2O. The number of fused-ring (bicyclic) bond motifs is 1. The number of rotatable bonds is 2. The largest absolute Gasteiger partial charge is 0.494 e. The molecule has 1 aromatic carbocycles. The summed E-state index contributed by atoms with van der Waals surface area (Å²) in [5.41, 5.74) is -0.347. The normalized spacial score (nSPS) is 12.9. The highest BCUT2D eigenvalue weighted by Gasteiger charge is 2.31. The number of benzene rings is 1. The monoisotopic (exact) mass is 288 g/mol. The molecule has 3 N–H and O–H groups in total. The van der Waals surface area contributed by atoms with E-state index in [1.165, 1.54) is 12.1 Å². The fourth-order valence-electron chi connectivity index (χ4n) is 1.70. The maximum Gasteiger partial charge on any atom is 0.416 e. The van der Waals surface area contributed by atoms with E-state index in [0.29, 0.717) is 5.52 Å². The van der Waals surface area contributed by atoms with Crippen molar-refractivity contribution in [2.75, 3.05) is 0 Å². The topological polar surface area (TPSA) is 59.9 Å². The van der Waals surface area contributed by atoms with Gasteiger partial charge in [0.15, 0.2) is 5.88 Å². The SMILES string of the molecule is N=C/C(Cl)=C\c1c(O)[nH]c2ccc(C(F)(F)F)cc12. The molecule has 2 rings (SSSR count). The van der Waals surface area contributed by atoms with Gasteiger partial charge in [-0.1, -0.05) is 11.6 Å². The Bertz CT molecular complexity index is 673. The number of aromatic nitrogens is 1. The van der Waals surface area contributed by atoms with Crippen LogP contribution in [0.1, 0.15) is 11.1 Å². The lowest BCUT2D eigenvalue weighted by molar-refractivity contribution is -0.137. The molecule has 0 atom stereocenters. The summed E-state index contributed by atoms with van der Waals surface area (Å²) in [6.45, 7) is 0. The van der Waals surface area contributed by atoms with E-state index in [-0.39, 0.29) is 21.9 Å². The van der Waals surface area contributed by atoms with Gasteiger partial charge < -0.3 is 15.5 Å². The first-order valence-corrected chi connectivity index (χ1v) is 5.50. The molecule has 3 nitrogen and oxygen atoms in total. The summed E-state index contributed by atoms with van der Waals surface area (Å²) < 4.78 is 37.9. The molecule has 0 unspecified atom stereocenters. The van der Waals surface area contributed by atoms with Crippen LogP contribution in [-0.4, -0.2) is 16.3 Å². The third kappa shape index (κ3) is 2.58. The summed E-state index contributed by atoms with van der Waals surface area (Å²) in [6.07, 6.45) is -2.41. The Labute approximate surface area is 110 Å². The van der Waals surface area contributed by atoms with Gasteiger partial charge in [-0.05, 0) is 24.3 Å². The maximum atomic E-state index is 12.6. The van der Waals surface area contributed by atoms with E-state index >= 15 is 0 Å². The van der Waals surface area contributed by atoms with E-state index < -0.39 is 11.7 Å². The molecule has 19 heavy (non-hydrogen) atoms. The lowest BCUT2D eigenvalue weighted by Gasteiger charge is -2.06. The zero-order valence-corrected chi connectivity index (χ0v) is 10.1. The van der Waals surface area contributed by atoms with Gasteiger partial charge >= 0.3 is 6.18 Å². The molecule has 7 heteroatoms. The van der Waals surface area contributed by atoms with Crippen molar-refractivity contribution in [3.8, 4) is 5.88 Å². The molecule has 0 spiro atoms. The maximum absolute atomic E-state index is 12.6. The van der Waals surface area contributed by atoms with Crippen molar-refractivity contribution in [3.63, 3.8) is 0 Å². The summed E-state index contributed by atoms with van der Waals surface area (Å²) in [5.74, 6) is -0.297. The molecule has 0 amide bonds. The van der Waals surface area contributed by atoms with Crippen molar-refractivity contribution in [2.24, 2.45) is 0 Å². The zero-order valence-electron chi connectivity index (χ0n) is 9.35. The number of halogens is 4. The predicted octanol–water partition coefficient (Wildman–Crippen LogP) is 4.12. The minimum Gasteiger partial charge on any atom is -0.494 e. The van der Waals surface area contributed by atoms with Gasteiger partial charge in [-0.2, -0.15) is 13.2 Å². The van der Waals surface area contributed by atoms with Gasteiger partial charge in [-0.25, -0.2) is 0 Å². The lowest BCUT2D eigenvalue weighted by atomic mass is 10.1. The Morgan fingerprint density at radius 3 is 2.63 bits per heavy atom. The minimum atomic E-state index is -4.46. The Kier molecular flexibility index (Phi) is 3.28. The molecule has 0 saturated heterocycles. The van der Waals surface area contributed by atoms with Crippen LogP contribution in [0.3, 0.4) is 0 Å². The molecule has 2 aromatic rings. The summed E-state index contributed by atoms with van der Waals surface area (Å²) >= 11 is 5.63. The number of nitrogens with one attached hydrogen (secondary N) is 2. The van der Waals surface area contributed by atoms with Crippen LogP contribution >= 0.6 is 11.6 Å². The third-order valence-electron chi connectivity index (χ3n) is 2.57. The Hall–Kier alpha value is -1.95. The molecule has 0 aliphatic carbocycles. The number of alkyl halides is 3. The number of hydrogen-bond acceptors (Lipinski definition) is 2. The predicted molar refractivity (Wildman–Crippen MR) is 67.6 cm³/mol. The van der Waals surface area contributed by atoms with Gasteiger partial charge in [0, 0.05) is 22.7 Å². The van der Waals surface area contributed by atoms with Gasteiger partial charge in [0.2, 0.25) is 0 Å². The highest BCUT2D eigenvalue weighted by Crippen LogP contribution is 2.35. The smallest absolute Gasteiger partial charge is 0.416 e. The van der Waals surface area contributed by atoms with Crippen molar-refractivity contribution in [1.82, 2.24) is 4.98 Å². The Morgan fingerprint density at radius 1 is 1.37 bits per heavy atom. The average molecular weight is 289 g/mol. The fraction of sp³-hybridized carbons (Fsp3) is 0.0833. The Balaban J connectivity index is 2.70. The molecule has 1 heterocycles. The van der Waals surface area contributed by atoms with Crippen molar-refractivity contribution < 1.29 is 18.3 Å². The molecular weight excluding hydrogens is 281 g/mol. The van der Waals surface area contributed by atoms with Gasteiger partial charge in [-0.3, -0.25) is 0 Å². The third-order valence-corrected chi connectivity index (χ3v) is 2.78. The van der Waals surface area contributed by atoms with Gasteiger partial charge in [0.05, 0.1) is 10.6 Å². The van der Waals surface area contributed by atoms with E-state index in [0.717, 1.165) is 18.3 Å². The number of H-pyrrole nitrogens is 1. The molecule has 0 saturated carbocycles. The lowest BCUT2D eigenvalue weighted by Crippen LogP contribution is -2.04. The Morgan fingerprint density at radius 2 is 2.05 bits per heavy atom. The molecule has 0 aliphatic rings. The van der Waals surface area contributed by atoms with Gasteiger partial charge in [0.1, 0.15) is 0 Å². The summed E-state index contributed by atoms with van der Waals surface area (Å²) in [5, 5.41) is 16.8. The van der Waals surface area contributed by atoms with Crippen LogP contribution in [0, 0.1) is 5.41 Å². The zero-order chi connectivity index (χ0) is 14.2.